The van der Waals surface area contributed by atoms with Gasteiger partial charge in [0.15, 0.2) is 0 Å². The van der Waals surface area contributed by atoms with Crippen LogP contribution in [0.1, 0.15) is 17.5 Å². The number of hydrogen-bond acceptors (Lipinski definition) is 0. The van der Waals surface area contributed by atoms with Gasteiger partial charge in [-0.25, -0.2) is 0 Å². The lowest BCUT2D eigenvalue weighted by Gasteiger charge is -2.05. The van der Waals surface area contributed by atoms with E-state index in [1.807, 2.05) is 0 Å². The van der Waals surface area contributed by atoms with Crippen LogP contribution in [0.2, 0.25) is 0 Å². The maximum atomic E-state index is 3.66. The Kier molecular flexibility index (Phi) is 2.12. The molecule has 0 radical (unpaired) electrons. The molecule has 86 valence electrons. The van der Waals surface area contributed by atoms with Gasteiger partial charge in [0.05, 0.1) is 0 Å². The first-order valence-electron chi connectivity index (χ1n) is 6.14. The molecule has 2 aromatic carbocycles. The van der Waals surface area contributed by atoms with Crippen molar-refractivity contribution in [1.82, 2.24) is 0 Å². The Morgan fingerprint density at radius 1 is 0.944 bits per heavy atom. The molecule has 0 heterocycles. The van der Waals surface area contributed by atoms with Gasteiger partial charge in [-0.3, -0.25) is 0 Å². The molecule has 0 bridgehead atoms. The van der Waals surface area contributed by atoms with E-state index in [9.17, 15) is 0 Å². The average Bonchev–Trinajstić information content (AvgIpc) is 2.57. The molecule has 2 aliphatic carbocycles. The van der Waals surface area contributed by atoms with E-state index in [2.05, 4.69) is 70.6 Å². The van der Waals surface area contributed by atoms with E-state index >= 15 is 0 Å². The topological polar surface area (TPSA) is 0 Å². The van der Waals surface area contributed by atoms with E-state index in [0.717, 1.165) is 6.42 Å². The van der Waals surface area contributed by atoms with Gasteiger partial charge in [0, 0.05) is 4.47 Å². The predicted octanol–water partition coefficient (Wildman–Crippen LogP) is 5.34. The summed E-state index contributed by atoms with van der Waals surface area (Å²) >= 11 is 3.66. The fourth-order valence-electron chi connectivity index (χ4n) is 2.98. The predicted molar refractivity (Wildman–Crippen MR) is 81.4 cm³/mol. The summed E-state index contributed by atoms with van der Waals surface area (Å²) in [6.45, 7) is 0. The third-order valence-corrected chi connectivity index (χ3v) is 4.45. The zero-order chi connectivity index (χ0) is 12.1. The highest BCUT2D eigenvalue weighted by molar-refractivity contribution is 9.10. The number of allylic oxidation sites excluding steroid dienone is 6. The molecule has 4 rings (SSSR count). The zero-order valence-electron chi connectivity index (χ0n) is 9.78. The van der Waals surface area contributed by atoms with Crippen molar-refractivity contribution >= 4 is 37.8 Å². The number of halogens is 1. The van der Waals surface area contributed by atoms with Gasteiger partial charge in [0.1, 0.15) is 0 Å². The van der Waals surface area contributed by atoms with E-state index in [1.165, 1.54) is 37.5 Å². The monoisotopic (exact) mass is 294 g/mol. The minimum atomic E-state index is 1.02. The van der Waals surface area contributed by atoms with Crippen molar-refractivity contribution in [1.29, 1.82) is 0 Å². The highest BCUT2D eigenvalue weighted by Gasteiger charge is 2.22. The first kappa shape index (κ1) is 10.3. The van der Waals surface area contributed by atoms with Crippen LogP contribution in [0.4, 0.5) is 0 Å². The van der Waals surface area contributed by atoms with Gasteiger partial charge in [-0.1, -0.05) is 64.5 Å². The molecule has 0 aliphatic heterocycles. The lowest BCUT2D eigenvalue weighted by atomic mass is 10.0. The van der Waals surface area contributed by atoms with Crippen molar-refractivity contribution < 1.29 is 0 Å². The van der Waals surface area contributed by atoms with Crippen LogP contribution in [0.25, 0.3) is 21.9 Å². The summed E-state index contributed by atoms with van der Waals surface area (Å²) in [5, 5.41) is 2.72. The maximum Gasteiger partial charge on any atom is 0.0254 e. The summed E-state index contributed by atoms with van der Waals surface area (Å²) in [4.78, 5) is 0. The van der Waals surface area contributed by atoms with E-state index < -0.39 is 0 Å². The minimum absolute atomic E-state index is 1.02. The molecule has 0 amide bonds. The Balaban J connectivity index is 2.16. The van der Waals surface area contributed by atoms with Crippen molar-refractivity contribution in [3.8, 4) is 0 Å². The molecular formula is C17H11Br. The smallest absolute Gasteiger partial charge is 0.0254 e. The summed E-state index contributed by atoms with van der Waals surface area (Å²) in [7, 11) is 0. The van der Waals surface area contributed by atoms with Gasteiger partial charge < -0.3 is 0 Å². The van der Waals surface area contributed by atoms with E-state index in [0.29, 0.717) is 0 Å². The Morgan fingerprint density at radius 2 is 1.89 bits per heavy atom. The van der Waals surface area contributed by atoms with Crippen molar-refractivity contribution in [2.24, 2.45) is 0 Å². The van der Waals surface area contributed by atoms with Crippen LogP contribution in [0.5, 0.6) is 0 Å². The van der Waals surface area contributed by atoms with Crippen LogP contribution >= 0.6 is 15.9 Å². The third kappa shape index (κ3) is 1.25. The molecule has 2 aliphatic rings. The van der Waals surface area contributed by atoms with Crippen LogP contribution < -0.4 is 0 Å². The van der Waals surface area contributed by atoms with E-state index in [4.69, 9.17) is 0 Å². The molecule has 0 unspecified atom stereocenters. The van der Waals surface area contributed by atoms with Crippen LogP contribution in [0, 0.1) is 0 Å². The van der Waals surface area contributed by atoms with Crippen LogP contribution in [-0.4, -0.2) is 0 Å². The molecule has 0 saturated heterocycles. The van der Waals surface area contributed by atoms with Crippen molar-refractivity contribution in [2.75, 3.05) is 0 Å². The second-order valence-corrected chi connectivity index (χ2v) is 5.56. The fourth-order valence-corrected chi connectivity index (χ4v) is 3.44. The Bertz CT molecular complexity index is 761. The molecule has 2 aromatic rings. The molecule has 0 N–H and O–H groups in total. The molecule has 0 spiro atoms. The zero-order valence-corrected chi connectivity index (χ0v) is 11.4. The standard InChI is InChI=1S/C17H11Br/c18-16-10-9-14-12-6-3-1-2-5-11(12)13-7-4-8-15(16)17(13)14/h1-5,7-10H,6H2. The van der Waals surface area contributed by atoms with E-state index in [-0.39, 0.29) is 0 Å². The quantitative estimate of drug-likeness (QED) is 0.615. The molecule has 0 atom stereocenters. The fraction of sp³-hybridized carbons (Fsp3) is 0.0588. The Hall–Kier alpha value is -1.60. The summed E-state index contributed by atoms with van der Waals surface area (Å²) in [6.07, 6.45) is 9.77. The van der Waals surface area contributed by atoms with Crippen LogP contribution in [0.15, 0.2) is 59.1 Å². The van der Waals surface area contributed by atoms with Gasteiger partial charge in [0.25, 0.3) is 0 Å². The summed E-state index contributed by atoms with van der Waals surface area (Å²) in [5.41, 5.74) is 5.62. The molecule has 0 saturated carbocycles. The molecule has 0 fully saturated rings. The highest BCUT2D eigenvalue weighted by Crippen LogP contribution is 2.46. The average molecular weight is 295 g/mol. The highest BCUT2D eigenvalue weighted by atomic mass is 79.9. The summed E-state index contributed by atoms with van der Waals surface area (Å²) in [5.74, 6) is 0. The lowest BCUT2D eigenvalue weighted by molar-refractivity contribution is 1.43. The molecular weight excluding hydrogens is 284 g/mol. The second kappa shape index (κ2) is 3.69. The lowest BCUT2D eigenvalue weighted by Crippen LogP contribution is -1.82. The second-order valence-electron chi connectivity index (χ2n) is 4.71. The normalized spacial score (nSPS) is 16.3. The first-order valence-corrected chi connectivity index (χ1v) is 6.94. The first-order chi connectivity index (χ1) is 8.86. The van der Waals surface area contributed by atoms with Crippen molar-refractivity contribution in [3.63, 3.8) is 0 Å². The van der Waals surface area contributed by atoms with Gasteiger partial charge in [-0.2, -0.15) is 0 Å². The number of fused-ring (bicyclic) bond motifs is 2. The molecule has 0 aromatic heterocycles. The molecule has 0 nitrogen and oxygen atoms in total. The molecule has 18 heavy (non-hydrogen) atoms. The largest absolute Gasteiger partial charge is 0.0801 e. The Labute approximate surface area is 114 Å². The van der Waals surface area contributed by atoms with E-state index in [1.54, 1.807) is 0 Å². The third-order valence-electron chi connectivity index (χ3n) is 3.76. The SMILES string of the molecule is Brc1ccc2c3c(cccc13)C1=C2CC=CC=C1. The van der Waals surface area contributed by atoms with Crippen LogP contribution in [-0.2, 0) is 0 Å². The van der Waals surface area contributed by atoms with Gasteiger partial charge >= 0.3 is 0 Å². The summed E-state index contributed by atoms with van der Waals surface area (Å²) < 4.78 is 1.18. The van der Waals surface area contributed by atoms with Crippen molar-refractivity contribution in [3.05, 3.63) is 70.2 Å². The number of rotatable bonds is 0. The molecule has 1 heteroatoms. The van der Waals surface area contributed by atoms with Crippen molar-refractivity contribution in [2.45, 2.75) is 6.42 Å². The number of hydrogen-bond donors (Lipinski definition) is 0. The maximum absolute atomic E-state index is 3.66. The number of benzene rings is 2. The van der Waals surface area contributed by atoms with Crippen LogP contribution in [0.3, 0.4) is 0 Å². The minimum Gasteiger partial charge on any atom is -0.0801 e. The van der Waals surface area contributed by atoms with Gasteiger partial charge in [-0.05, 0) is 45.5 Å². The van der Waals surface area contributed by atoms with Gasteiger partial charge in [0.2, 0.25) is 0 Å². The Morgan fingerprint density at radius 3 is 2.83 bits per heavy atom. The summed E-state index contributed by atoms with van der Waals surface area (Å²) in [6, 6.07) is 11.0. The van der Waals surface area contributed by atoms with Gasteiger partial charge in [-0.15, -0.1) is 0 Å².